The maximum atomic E-state index is 4.43. The van der Waals surface area contributed by atoms with E-state index in [9.17, 15) is 0 Å². The number of nitrogens with zero attached hydrogens (tertiary/aromatic N) is 1. The maximum Gasteiger partial charge on any atom is 0.0685 e. The molecule has 1 rings (SSSR count). The second kappa shape index (κ2) is 43.7. The molecule has 0 fully saturated rings. The molecule has 1 aromatic heterocycles. The molecule has 0 aliphatic heterocycles. The third kappa shape index (κ3) is 38.9. The van der Waals surface area contributed by atoms with E-state index in [2.05, 4.69) is 190 Å². The molecule has 1 aromatic rings. The Morgan fingerprint density at radius 2 is 0.804 bits per heavy atom. The lowest BCUT2D eigenvalue weighted by Gasteiger charge is -2.23. The predicted molar refractivity (Wildman–Crippen MR) is 223 cm³/mol. The van der Waals surface area contributed by atoms with E-state index in [4.69, 9.17) is 0 Å². The highest BCUT2D eigenvalue weighted by Gasteiger charge is 2.20. The number of rotatable bonds is 7. The van der Waals surface area contributed by atoms with Crippen LogP contribution in [0.3, 0.4) is 0 Å². The van der Waals surface area contributed by atoms with Gasteiger partial charge < -0.3 is 0 Å². The van der Waals surface area contributed by atoms with Crippen LogP contribution in [0.1, 0.15) is 246 Å². The van der Waals surface area contributed by atoms with E-state index in [0.29, 0.717) is 35.5 Å². The van der Waals surface area contributed by atoms with Crippen LogP contribution in [-0.4, -0.2) is 10.2 Å². The fraction of sp³-hybridized carbons (Fsp3) is 0.841. The average Bonchev–Trinajstić information content (AvgIpc) is 3.38. The molecule has 0 radical (unpaired) electrons. The molecule has 2 heteroatoms. The van der Waals surface area contributed by atoms with Crippen molar-refractivity contribution in [2.75, 3.05) is 0 Å². The molecule has 0 aliphatic carbocycles. The first-order chi connectivity index (χ1) is 21.2. The molecule has 0 aliphatic rings. The van der Waals surface area contributed by atoms with Crippen molar-refractivity contribution in [3.05, 3.63) is 40.2 Å². The first-order valence-corrected chi connectivity index (χ1v) is 19.7. The van der Waals surface area contributed by atoms with Gasteiger partial charge in [-0.25, -0.2) is 0 Å². The largest absolute Gasteiger partial charge is 0.282 e. The zero-order valence-electron chi connectivity index (χ0n) is 37.4. The molecule has 0 bridgehead atoms. The Hall–Kier alpha value is -1.31. The lowest BCUT2D eigenvalue weighted by molar-refractivity contribution is 0.661. The Kier molecular flexibility index (Phi) is 57.0. The normalized spacial score (nSPS) is 10.2. The summed E-state index contributed by atoms with van der Waals surface area (Å²) in [5.74, 6) is 3.38. The number of hydrogen-bond donors (Lipinski definition) is 1. The van der Waals surface area contributed by atoms with Gasteiger partial charge in [0.15, 0.2) is 0 Å². The Morgan fingerprint density at radius 3 is 0.978 bits per heavy atom. The number of aromatic nitrogens is 2. The summed E-state index contributed by atoms with van der Waals surface area (Å²) in [5.41, 5.74) is 8.27. The summed E-state index contributed by atoms with van der Waals surface area (Å²) in [6, 6.07) is 0. The third-order valence-corrected chi connectivity index (χ3v) is 5.48. The van der Waals surface area contributed by atoms with E-state index in [1.807, 2.05) is 0 Å². The van der Waals surface area contributed by atoms with E-state index in [0.717, 1.165) is 0 Å². The van der Waals surface area contributed by atoms with Gasteiger partial charge in [0.05, 0.1) is 5.69 Å². The monoisotopic (exact) mass is 653 g/mol. The van der Waals surface area contributed by atoms with Gasteiger partial charge in [-0.15, -0.1) is 0 Å². The highest BCUT2D eigenvalue weighted by molar-refractivity contribution is 5.36. The standard InChI is InChI=1S/C14H26.C12H22N2.6C3H8/c1-9(2)12(7)14(11(5)6)13(8)10(3)4;1-7(2)10-11(8(3)4)13-14-12(10)9(5)6;6*1-3-2/h9-11H,7H2,1-6,8H3;7-9H,1-6H3,(H,13,14);6*3H2,1-2H3/b14-13+;;;;;;;. The van der Waals surface area contributed by atoms with E-state index in [1.54, 1.807) is 0 Å². The molecule has 0 amide bonds. The van der Waals surface area contributed by atoms with Crippen molar-refractivity contribution in [3.63, 3.8) is 0 Å². The summed E-state index contributed by atoms with van der Waals surface area (Å²) in [5, 5.41) is 7.62. The van der Waals surface area contributed by atoms with Crippen LogP contribution in [0.4, 0.5) is 0 Å². The molecular formula is C44H96N2. The van der Waals surface area contributed by atoms with Gasteiger partial charge in [-0.3, -0.25) is 5.10 Å². The Morgan fingerprint density at radius 1 is 0.500 bits per heavy atom. The van der Waals surface area contributed by atoms with Crippen molar-refractivity contribution in [1.29, 1.82) is 0 Å². The predicted octanol–water partition coefficient (Wildman–Crippen LogP) is 17.1. The minimum absolute atomic E-state index is 0.510. The SMILES string of the molecule is C=C(/C(=C(\C)C(C)C)C(C)C)C(C)C.CC(C)c1n[nH]c(C(C)C)c1C(C)C.CCC.CCC.CCC.CCC.CCC.CCC. The summed E-state index contributed by atoms with van der Waals surface area (Å²) >= 11 is 0. The number of allylic oxidation sites excluding steroid dienone is 3. The molecule has 0 aromatic carbocycles. The highest BCUT2D eigenvalue weighted by Crippen LogP contribution is 2.31. The fourth-order valence-corrected chi connectivity index (χ4v) is 3.57. The molecule has 0 saturated heterocycles. The van der Waals surface area contributed by atoms with Gasteiger partial charge >= 0.3 is 0 Å². The summed E-state index contributed by atoms with van der Waals surface area (Å²) in [4.78, 5) is 0. The van der Waals surface area contributed by atoms with Gasteiger partial charge in [0, 0.05) is 5.69 Å². The summed E-state index contributed by atoms with van der Waals surface area (Å²) in [6.07, 6.45) is 7.50. The van der Waals surface area contributed by atoms with Gasteiger partial charge in [-0.05, 0) is 59.1 Å². The van der Waals surface area contributed by atoms with E-state index in [1.165, 1.54) is 72.2 Å². The second-order valence-corrected chi connectivity index (χ2v) is 14.2. The lowest BCUT2D eigenvalue weighted by atomic mass is 9.83. The van der Waals surface area contributed by atoms with Crippen LogP contribution in [0.5, 0.6) is 0 Å². The molecule has 0 saturated carbocycles. The first kappa shape index (κ1) is 60.1. The number of aromatic amines is 1. The highest BCUT2D eigenvalue weighted by atomic mass is 15.1. The molecule has 1 N–H and O–H groups in total. The molecule has 0 atom stereocenters. The molecule has 282 valence electrons. The van der Waals surface area contributed by atoms with Crippen LogP contribution < -0.4 is 0 Å². The van der Waals surface area contributed by atoms with Crippen molar-refractivity contribution in [2.24, 2.45) is 17.8 Å². The topological polar surface area (TPSA) is 28.7 Å². The van der Waals surface area contributed by atoms with Crippen LogP contribution in [0.2, 0.25) is 0 Å². The molecule has 2 nitrogen and oxygen atoms in total. The number of H-pyrrole nitrogens is 1. The zero-order valence-corrected chi connectivity index (χ0v) is 37.4. The van der Waals surface area contributed by atoms with Crippen molar-refractivity contribution in [3.8, 4) is 0 Å². The minimum atomic E-state index is 0.510. The zero-order chi connectivity index (χ0) is 38.6. The van der Waals surface area contributed by atoms with Crippen molar-refractivity contribution in [2.45, 2.75) is 229 Å². The van der Waals surface area contributed by atoms with Crippen LogP contribution in [-0.2, 0) is 0 Å². The Bertz CT molecular complexity index is 686. The van der Waals surface area contributed by atoms with Gasteiger partial charge in [0.25, 0.3) is 0 Å². The van der Waals surface area contributed by atoms with E-state index in [-0.39, 0.29) is 0 Å². The quantitative estimate of drug-likeness (QED) is 0.292. The van der Waals surface area contributed by atoms with Crippen LogP contribution >= 0.6 is 0 Å². The van der Waals surface area contributed by atoms with E-state index >= 15 is 0 Å². The van der Waals surface area contributed by atoms with Crippen LogP contribution in [0.25, 0.3) is 0 Å². The number of hydrogen-bond acceptors (Lipinski definition) is 1. The Balaban J connectivity index is -0.0000000876. The second-order valence-electron chi connectivity index (χ2n) is 14.2. The fourth-order valence-electron chi connectivity index (χ4n) is 3.57. The van der Waals surface area contributed by atoms with Crippen LogP contribution in [0, 0.1) is 17.8 Å². The molecule has 1 heterocycles. The number of nitrogens with one attached hydrogen (secondary N) is 1. The van der Waals surface area contributed by atoms with Crippen molar-refractivity contribution < 1.29 is 0 Å². The molecule has 0 spiro atoms. The van der Waals surface area contributed by atoms with Gasteiger partial charge in [0.2, 0.25) is 0 Å². The van der Waals surface area contributed by atoms with Gasteiger partial charge in [0.1, 0.15) is 0 Å². The van der Waals surface area contributed by atoms with Crippen molar-refractivity contribution >= 4 is 0 Å². The van der Waals surface area contributed by atoms with Crippen LogP contribution in [0.15, 0.2) is 23.3 Å². The first-order valence-electron chi connectivity index (χ1n) is 19.7. The van der Waals surface area contributed by atoms with Gasteiger partial charge in [-0.1, -0.05) is 217 Å². The molecule has 0 unspecified atom stereocenters. The van der Waals surface area contributed by atoms with Crippen molar-refractivity contribution in [1.82, 2.24) is 10.2 Å². The van der Waals surface area contributed by atoms with Gasteiger partial charge in [-0.2, -0.15) is 5.10 Å². The summed E-state index contributed by atoms with van der Waals surface area (Å²) in [6.45, 7) is 58.7. The Labute approximate surface area is 296 Å². The smallest absolute Gasteiger partial charge is 0.0685 e. The third-order valence-electron chi connectivity index (χ3n) is 5.48. The lowest BCUT2D eigenvalue weighted by Crippen LogP contribution is -2.08. The molecular weight excluding hydrogens is 556 g/mol. The van der Waals surface area contributed by atoms with E-state index < -0.39 is 0 Å². The maximum absolute atomic E-state index is 4.43. The summed E-state index contributed by atoms with van der Waals surface area (Å²) < 4.78 is 0. The molecule has 46 heavy (non-hydrogen) atoms. The minimum Gasteiger partial charge on any atom is -0.282 e. The summed E-state index contributed by atoms with van der Waals surface area (Å²) in [7, 11) is 0. The average molecular weight is 653 g/mol.